The fourth-order valence-electron chi connectivity index (χ4n) is 2.54. The average molecular weight is 265 g/mol. The predicted molar refractivity (Wildman–Crippen MR) is 78.7 cm³/mol. The lowest BCUT2D eigenvalue weighted by atomic mass is 10.0. The molecule has 1 heterocycles. The van der Waals surface area contributed by atoms with Crippen LogP contribution >= 0.6 is 0 Å². The van der Waals surface area contributed by atoms with Gasteiger partial charge in [0.1, 0.15) is 0 Å². The molecule has 1 rings (SSSR count). The van der Waals surface area contributed by atoms with Gasteiger partial charge >= 0.3 is 5.97 Å². The van der Waals surface area contributed by atoms with Crippen molar-refractivity contribution in [2.24, 2.45) is 0 Å². The number of carbonyl (C=O) groups is 1. The van der Waals surface area contributed by atoms with Gasteiger partial charge in [0.05, 0.1) is 12.7 Å². The van der Waals surface area contributed by atoms with E-state index in [1.807, 2.05) is 6.92 Å². The van der Waals surface area contributed by atoms with Crippen LogP contribution in [0.2, 0.25) is 0 Å². The smallest absolute Gasteiger partial charge is 0.339 e. The van der Waals surface area contributed by atoms with Crippen LogP contribution in [0.25, 0.3) is 0 Å². The molecule has 0 amide bonds. The molecule has 3 nitrogen and oxygen atoms in total. The van der Waals surface area contributed by atoms with Crippen molar-refractivity contribution in [2.75, 3.05) is 7.11 Å². The summed E-state index contributed by atoms with van der Waals surface area (Å²) in [6, 6.07) is 0.368. The number of aromatic nitrogens is 1. The molecule has 1 aromatic rings. The minimum atomic E-state index is -0.206. The van der Waals surface area contributed by atoms with Crippen molar-refractivity contribution in [3.8, 4) is 0 Å². The van der Waals surface area contributed by atoms with Gasteiger partial charge in [-0.05, 0) is 39.2 Å². The predicted octanol–water partition coefficient (Wildman–Crippen LogP) is 4.29. The third-order valence-electron chi connectivity index (χ3n) is 3.61. The first-order chi connectivity index (χ1) is 9.02. The maximum Gasteiger partial charge on any atom is 0.339 e. The van der Waals surface area contributed by atoms with Gasteiger partial charge in [-0.1, -0.05) is 26.2 Å². The fourth-order valence-corrected chi connectivity index (χ4v) is 2.54. The normalized spacial score (nSPS) is 11.1. The van der Waals surface area contributed by atoms with Crippen LogP contribution in [0.4, 0.5) is 0 Å². The monoisotopic (exact) mass is 265 g/mol. The van der Waals surface area contributed by atoms with Crippen LogP contribution in [-0.4, -0.2) is 17.6 Å². The second kappa shape index (κ2) is 7.37. The Kier molecular flexibility index (Phi) is 6.13. The Hall–Kier alpha value is -1.25. The molecule has 0 unspecified atom stereocenters. The van der Waals surface area contributed by atoms with E-state index in [0.717, 1.165) is 29.7 Å². The molecular formula is C16H27NO2. The molecule has 0 spiro atoms. The number of unbranched alkanes of at least 4 members (excludes halogenated alkanes) is 3. The molecule has 0 saturated heterocycles. The Labute approximate surface area is 117 Å². The Bertz CT molecular complexity index is 419. The lowest BCUT2D eigenvalue weighted by Gasteiger charge is -2.10. The van der Waals surface area contributed by atoms with Crippen LogP contribution in [0.15, 0.2) is 6.20 Å². The number of hydrogen-bond acceptors (Lipinski definition) is 2. The van der Waals surface area contributed by atoms with Crippen molar-refractivity contribution >= 4 is 5.97 Å². The SMILES string of the molecule is CCCCCCc1cn(C(C)C)c(C)c1C(=O)OC. The van der Waals surface area contributed by atoms with Crippen molar-refractivity contribution in [2.45, 2.75) is 65.8 Å². The first kappa shape index (κ1) is 15.8. The van der Waals surface area contributed by atoms with Crippen LogP contribution in [-0.2, 0) is 11.2 Å². The van der Waals surface area contributed by atoms with E-state index < -0.39 is 0 Å². The van der Waals surface area contributed by atoms with Gasteiger partial charge in [0.15, 0.2) is 0 Å². The van der Waals surface area contributed by atoms with E-state index in [4.69, 9.17) is 4.74 Å². The Morgan fingerprint density at radius 2 is 2.00 bits per heavy atom. The van der Waals surface area contributed by atoms with Gasteiger partial charge in [0.25, 0.3) is 0 Å². The number of hydrogen-bond donors (Lipinski definition) is 0. The Morgan fingerprint density at radius 1 is 1.32 bits per heavy atom. The molecular weight excluding hydrogens is 238 g/mol. The third-order valence-corrected chi connectivity index (χ3v) is 3.61. The summed E-state index contributed by atoms with van der Waals surface area (Å²) in [5.41, 5.74) is 2.93. The van der Waals surface area contributed by atoms with Crippen LogP contribution in [0.5, 0.6) is 0 Å². The molecule has 0 fully saturated rings. The number of nitrogens with zero attached hydrogens (tertiary/aromatic N) is 1. The Morgan fingerprint density at radius 3 is 2.53 bits per heavy atom. The van der Waals surface area contributed by atoms with Gasteiger partial charge in [-0.15, -0.1) is 0 Å². The van der Waals surface area contributed by atoms with E-state index in [0.29, 0.717) is 6.04 Å². The molecule has 19 heavy (non-hydrogen) atoms. The molecule has 0 aliphatic heterocycles. The van der Waals surface area contributed by atoms with Gasteiger partial charge in [-0.3, -0.25) is 0 Å². The number of methoxy groups -OCH3 is 1. The van der Waals surface area contributed by atoms with E-state index in [1.54, 1.807) is 0 Å². The summed E-state index contributed by atoms with van der Waals surface area (Å²) in [5.74, 6) is -0.206. The molecule has 0 aliphatic carbocycles. The molecule has 0 aromatic carbocycles. The number of carbonyl (C=O) groups excluding carboxylic acids is 1. The molecule has 108 valence electrons. The van der Waals surface area contributed by atoms with E-state index in [1.165, 1.54) is 26.4 Å². The summed E-state index contributed by atoms with van der Waals surface area (Å²) in [6.45, 7) is 8.48. The molecule has 1 aromatic heterocycles. The summed E-state index contributed by atoms with van der Waals surface area (Å²) < 4.78 is 7.09. The lowest BCUT2D eigenvalue weighted by Crippen LogP contribution is -2.07. The number of aryl methyl sites for hydroxylation is 1. The third kappa shape index (κ3) is 3.85. The van der Waals surface area contributed by atoms with Gasteiger partial charge in [0, 0.05) is 17.9 Å². The largest absolute Gasteiger partial charge is 0.465 e. The van der Waals surface area contributed by atoms with Gasteiger partial charge in [-0.25, -0.2) is 4.79 Å². The first-order valence-corrected chi connectivity index (χ1v) is 7.31. The maximum absolute atomic E-state index is 11.9. The zero-order valence-electron chi connectivity index (χ0n) is 13.0. The van der Waals surface area contributed by atoms with Gasteiger partial charge in [0.2, 0.25) is 0 Å². The van der Waals surface area contributed by atoms with Crippen molar-refractivity contribution in [3.63, 3.8) is 0 Å². The van der Waals surface area contributed by atoms with Crippen LogP contribution in [0.3, 0.4) is 0 Å². The second-order valence-corrected chi connectivity index (χ2v) is 5.42. The molecule has 0 N–H and O–H groups in total. The standard InChI is InChI=1S/C16H27NO2/c1-6-7-8-9-10-14-11-17(12(2)3)13(4)15(14)16(18)19-5/h11-12H,6-10H2,1-5H3. The molecule has 0 radical (unpaired) electrons. The summed E-state index contributed by atoms with van der Waals surface area (Å²) in [5, 5.41) is 0. The number of esters is 1. The van der Waals surface area contributed by atoms with Gasteiger partial charge < -0.3 is 9.30 Å². The van der Waals surface area contributed by atoms with E-state index >= 15 is 0 Å². The van der Waals surface area contributed by atoms with E-state index in [-0.39, 0.29) is 5.97 Å². The molecule has 0 saturated carbocycles. The quantitative estimate of drug-likeness (QED) is 0.544. The summed E-state index contributed by atoms with van der Waals surface area (Å²) in [4.78, 5) is 11.9. The maximum atomic E-state index is 11.9. The van der Waals surface area contributed by atoms with Crippen LogP contribution in [0.1, 0.15) is 74.1 Å². The van der Waals surface area contributed by atoms with Crippen molar-refractivity contribution < 1.29 is 9.53 Å². The number of ether oxygens (including phenoxy) is 1. The van der Waals surface area contributed by atoms with Gasteiger partial charge in [-0.2, -0.15) is 0 Å². The molecule has 0 aliphatic rings. The zero-order chi connectivity index (χ0) is 14.4. The minimum Gasteiger partial charge on any atom is -0.465 e. The summed E-state index contributed by atoms with van der Waals surface area (Å²) in [7, 11) is 1.45. The molecule has 0 atom stereocenters. The first-order valence-electron chi connectivity index (χ1n) is 7.31. The van der Waals surface area contributed by atoms with Crippen LogP contribution < -0.4 is 0 Å². The highest BCUT2D eigenvalue weighted by Crippen LogP contribution is 2.23. The lowest BCUT2D eigenvalue weighted by molar-refractivity contribution is 0.0598. The highest BCUT2D eigenvalue weighted by atomic mass is 16.5. The zero-order valence-corrected chi connectivity index (χ0v) is 13.0. The highest BCUT2D eigenvalue weighted by molar-refractivity contribution is 5.92. The van der Waals surface area contributed by atoms with E-state index in [2.05, 4.69) is 31.5 Å². The van der Waals surface area contributed by atoms with E-state index in [9.17, 15) is 4.79 Å². The van der Waals surface area contributed by atoms with Crippen LogP contribution in [0, 0.1) is 6.92 Å². The molecule has 3 heteroatoms. The van der Waals surface area contributed by atoms with Crippen molar-refractivity contribution in [1.29, 1.82) is 0 Å². The second-order valence-electron chi connectivity index (χ2n) is 5.42. The topological polar surface area (TPSA) is 31.2 Å². The van der Waals surface area contributed by atoms with Crippen molar-refractivity contribution in [1.82, 2.24) is 4.57 Å². The minimum absolute atomic E-state index is 0.206. The Balaban J connectivity index is 2.94. The highest BCUT2D eigenvalue weighted by Gasteiger charge is 2.20. The fraction of sp³-hybridized carbons (Fsp3) is 0.688. The summed E-state index contributed by atoms with van der Waals surface area (Å²) >= 11 is 0. The van der Waals surface area contributed by atoms with Crippen molar-refractivity contribution in [3.05, 3.63) is 23.0 Å². The molecule has 0 bridgehead atoms. The number of rotatable bonds is 7. The average Bonchev–Trinajstić information content (AvgIpc) is 2.71. The summed E-state index contributed by atoms with van der Waals surface area (Å²) in [6.07, 6.45) is 7.94.